The van der Waals surface area contributed by atoms with Crippen molar-refractivity contribution in [2.24, 2.45) is 11.1 Å². The molecule has 0 aliphatic heterocycles. The van der Waals surface area contributed by atoms with Gasteiger partial charge in [0.05, 0.1) is 0 Å². The average Bonchev–Trinajstić information content (AvgIpc) is 2.15. The van der Waals surface area contributed by atoms with E-state index in [1.54, 1.807) is 0 Å². The first-order chi connectivity index (χ1) is 7.33. The number of carbonyl (C=O) groups is 1. The molecule has 3 nitrogen and oxygen atoms in total. The van der Waals surface area contributed by atoms with Gasteiger partial charge in [-0.15, -0.1) is 0 Å². The van der Waals surface area contributed by atoms with E-state index in [0.717, 1.165) is 12.8 Å². The Morgan fingerprint density at radius 3 is 2.31 bits per heavy atom. The Labute approximate surface area is 100 Å². The second kappa shape index (κ2) is 7.02. The highest BCUT2D eigenvalue weighted by molar-refractivity contribution is 5.84. The predicted molar refractivity (Wildman–Crippen MR) is 69.4 cm³/mol. The highest BCUT2D eigenvalue weighted by Gasteiger charge is 2.28. The van der Waals surface area contributed by atoms with Crippen molar-refractivity contribution in [3.05, 3.63) is 0 Å². The number of carbonyl (C=O) groups excluding carboxylic acids is 1. The van der Waals surface area contributed by atoms with Gasteiger partial charge in [0.1, 0.15) is 5.78 Å². The zero-order valence-electron chi connectivity index (χ0n) is 11.5. The van der Waals surface area contributed by atoms with Crippen molar-refractivity contribution >= 4 is 5.78 Å². The Hall–Kier alpha value is -0.410. The zero-order valence-corrected chi connectivity index (χ0v) is 11.5. The van der Waals surface area contributed by atoms with Crippen LogP contribution in [-0.4, -0.2) is 24.4 Å². The van der Waals surface area contributed by atoms with Crippen LogP contribution in [0.1, 0.15) is 53.9 Å². The van der Waals surface area contributed by atoms with E-state index < -0.39 is 0 Å². The third-order valence-electron chi connectivity index (χ3n) is 2.92. The van der Waals surface area contributed by atoms with Gasteiger partial charge < -0.3 is 11.1 Å². The van der Waals surface area contributed by atoms with Gasteiger partial charge in [-0.05, 0) is 6.42 Å². The maximum atomic E-state index is 12.1. The van der Waals surface area contributed by atoms with Crippen molar-refractivity contribution in [1.29, 1.82) is 0 Å². The molecule has 0 rings (SSSR count). The summed E-state index contributed by atoms with van der Waals surface area (Å²) in [4.78, 5) is 12.1. The number of nitrogens with two attached hydrogens (primary N) is 1. The summed E-state index contributed by atoms with van der Waals surface area (Å²) < 4.78 is 0. The molecule has 1 atom stereocenters. The van der Waals surface area contributed by atoms with E-state index in [2.05, 4.69) is 26.1 Å². The van der Waals surface area contributed by atoms with E-state index in [4.69, 9.17) is 5.73 Å². The molecule has 3 heteroatoms. The molecule has 0 bridgehead atoms. The smallest absolute Gasteiger partial charge is 0.140 e. The van der Waals surface area contributed by atoms with E-state index in [-0.39, 0.29) is 11.5 Å². The molecule has 0 aromatic carbocycles. The summed E-state index contributed by atoms with van der Waals surface area (Å²) in [7, 11) is 0. The fourth-order valence-electron chi connectivity index (χ4n) is 1.95. The van der Waals surface area contributed by atoms with Gasteiger partial charge in [0.2, 0.25) is 0 Å². The molecular formula is C13H28N2O. The number of ketones is 1. The van der Waals surface area contributed by atoms with E-state index in [1.165, 1.54) is 0 Å². The molecule has 0 saturated heterocycles. The second-order valence-electron chi connectivity index (χ2n) is 5.52. The van der Waals surface area contributed by atoms with Gasteiger partial charge >= 0.3 is 0 Å². The summed E-state index contributed by atoms with van der Waals surface area (Å²) in [6, 6.07) is 0.485. The first-order valence-corrected chi connectivity index (χ1v) is 6.33. The van der Waals surface area contributed by atoms with Crippen molar-refractivity contribution < 1.29 is 4.79 Å². The molecule has 0 fully saturated rings. The number of hydrogen-bond donors (Lipinski definition) is 2. The van der Waals surface area contributed by atoms with Crippen LogP contribution in [0.2, 0.25) is 0 Å². The minimum Gasteiger partial charge on any atom is -0.329 e. The molecule has 0 amide bonds. The van der Waals surface area contributed by atoms with E-state index in [9.17, 15) is 4.79 Å². The number of hydrogen-bond acceptors (Lipinski definition) is 3. The van der Waals surface area contributed by atoms with Crippen LogP contribution in [0.4, 0.5) is 0 Å². The first-order valence-electron chi connectivity index (χ1n) is 6.33. The summed E-state index contributed by atoms with van der Waals surface area (Å²) in [6.45, 7) is 10.8. The monoisotopic (exact) mass is 228 g/mol. The molecule has 0 aromatic heterocycles. The van der Waals surface area contributed by atoms with Gasteiger partial charge in [-0.1, -0.05) is 41.0 Å². The Morgan fingerprint density at radius 2 is 1.94 bits per heavy atom. The van der Waals surface area contributed by atoms with Crippen molar-refractivity contribution in [2.45, 2.75) is 66.0 Å². The van der Waals surface area contributed by atoms with Gasteiger partial charge in [0.15, 0.2) is 0 Å². The lowest BCUT2D eigenvalue weighted by Crippen LogP contribution is -2.43. The van der Waals surface area contributed by atoms with Crippen LogP contribution < -0.4 is 11.1 Å². The molecule has 0 aromatic rings. The number of rotatable bonds is 8. The molecule has 0 aliphatic rings. The van der Waals surface area contributed by atoms with Crippen LogP contribution >= 0.6 is 0 Å². The predicted octanol–water partition coefficient (Wildman–Crippen LogP) is 2.10. The molecule has 0 spiro atoms. The van der Waals surface area contributed by atoms with Crippen molar-refractivity contribution in [3.63, 3.8) is 0 Å². The summed E-state index contributed by atoms with van der Waals surface area (Å²) >= 11 is 0. The molecule has 16 heavy (non-hydrogen) atoms. The summed E-state index contributed by atoms with van der Waals surface area (Å²) in [6.07, 6.45) is 2.54. The fourth-order valence-corrected chi connectivity index (χ4v) is 1.95. The van der Waals surface area contributed by atoms with Gasteiger partial charge in [-0.2, -0.15) is 0 Å². The van der Waals surface area contributed by atoms with Crippen LogP contribution in [0.5, 0.6) is 0 Å². The van der Waals surface area contributed by atoms with Gasteiger partial charge in [-0.25, -0.2) is 0 Å². The molecule has 96 valence electrons. The Bertz CT molecular complexity index is 212. The zero-order chi connectivity index (χ0) is 12.8. The van der Waals surface area contributed by atoms with Crippen molar-refractivity contribution in [2.75, 3.05) is 6.54 Å². The normalized spacial score (nSPS) is 14.2. The lowest BCUT2D eigenvalue weighted by molar-refractivity contribution is -0.128. The van der Waals surface area contributed by atoms with Gasteiger partial charge in [0.25, 0.3) is 0 Å². The molecule has 3 N–H and O–H groups in total. The molecule has 1 unspecified atom stereocenters. The minimum absolute atomic E-state index is 0.114. The first kappa shape index (κ1) is 15.6. The maximum absolute atomic E-state index is 12.1. The van der Waals surface area contributed by atoms with Crippen LogP contribution in [0, 0.1) is 5.41 Å². The molecule has 0 radical (unpaired) electrons. The minimum atomic E-state index is -0.208. The highest BCUT2D eigenvalue weighted by atomic mass is 16.1. The molecular weight excluding hydrogens is 200 g/mol. The molecule has 0 saturated carbocycles. The third-order valence-corrected chi connectivity index (χ3v) is 2.92. The Kier molecular flexibility index (Phi) is 6.84. The molecule has 0 heterocycles. The Morgan fingerprint density at radius 1 is 1.38 bits per heavy atom. The highest BCUT2D eigenvalue weighted by Crippen LogP contribution is 2.25. The second-order valence-corrected chi connectivity index (χ2v) is 5.52. The van der Waals surface area contributed by atoms with Gasteiger partial charge in [-0.3, -0.25) is 4.79 Å². The lowest BCUT2D eigenvalue weighted by Gasteiger charge is -2.26. The number of nitrogens with one attached hydrogen (secondary N) is 1. The van der Waals surface area contributed by atoms with Crippen LogP contribution in [0.15, 0.2) is 0 Å². The average molecular weight is 228 g/mol. The van der Waals surface area contributed by atoms with Crippen LogP contribution in [0.25, 0.3) is 0 Å². The van der Waals surface area contributed by atoms with Crippen LogP contribution in [-0.2, 0) is 4.79 Å². The van der Waals surface area contributed by atoms with E-state index >= 15 is 0 Å². The van der Waals surface area contributed by atoms with Crippen molar-refractivity contribution in [1.82, 2.24) is 5.32 Å². The third kappa shape index (κ3) is 5.61. The maximum Gasteiger partial charge on any atom is 0.140 e. The fraction of sp³-hybridized carbons (Fsp3) is 0.923. The van der Waals surface area contributed by atoms with E-state index in [1.807, 2.05) is 13.8 Å². The standard InChI is InChI=1S/C13H28N2O/c1-6-7-13(4,5)12(16)8-11(9-14)15-10(2)3/h10-11,15H,6-9,14H2,1-5H3. The number of Topliss-reactive ketones (excluding diaryl/α,β-unsaturated/α-hetero) is 1. The van der Waals surface area contributed by atoms with Gasteiger partial charge in [0, 0.05) is 30.5 Å². The SMILES string of the molecule is CCCC(C)(C)C(=O)CC(CN)NC(C)C. The topological polar surface area (TPSA) is 55.1 Å². The largest absolute Gasteiger partial charge is 0.329 e. The summed E-state index contributed by atoms with van der Waals surface area (Å²) in [5, 5.41) is 3.33. The van der Waals surface area contributed by atoms with Crippen LogP contribution in [0.3, 0.4) is 0 Å². The Balaban J connectivity index is 4.29. The lowest BCUT2D eigenvalue weighted by atomic mass is 9.81. The summed E-state index contributed by atoms with van der Waals surface area (Å²) in [5.41, 5.74) is 5.46. The van der Waals surface area contributed by atoms with Crippen molar-refractivity contribution in [3.8, 4) is 0 Å². The van der Waals surface area contributed by atoms with E-state index in [0.29, 0.717) is 24.8 Å². The molecule has 0 aliphatic carbocycles. The summed E-state index contributed by atoms with van der Waals surface area (Å²) in [5.74, 6) is 0.318. The quantitative estimate of drug-likeness (QED) is 0.669.